The van der Waals surface area contributed by atoms with Gasteiger partial charge in [0.25, 0.3) is 0 Å². The van der Waals surface area contributed by atoms with E-state index in [4.69, 9.17) is 27.9 Å². The molecule has 2 rings (SSSR count). The molecule has 1 fully saturated rings. The van der Waals surface area contributed by atoms with E-state index in [2.05, 4.69) is 9.97 Å². The van der Waals surface area contributed by atoms with E-state index in [1.165, 1.54) is 0 Å². The molecule has 1 aliphatic rings. The summed E-state index contributed by atoms with van der Waals surface area (Å²) in [5.41, 5.74) is 0.914. The van der Waals surface area contributed by atoms with E-state index in [9.17, 15) is 5.21 Å². The van der Waals surface area contributed by atoms with Crippen LogP contribution in [0.1, 0.15) is 0 Å². The Bertz CT molecular complexity index is 385. The van der Waals surface area contributed by atoms with Gasteiger partial charge in [-0.1, -0.05) is 11.6 Å². The number of rotatable bonds is 2. The third-order valence-electron chi connectivity index (χ3n) is 2.28. The Balaban J connectivity index is 2.36. The van der Waals surface area contributed by atoms with E-state index in [1.54, 1.807) is 0 Å². The number of hydrogen-bond acceptors (Lipinski definition) is 5. The van der Waals surface area contributed by atoms with Gasteiger partial charge in [-0.15, -0.1) is 0 Å². The molecule has 1 aromatic rings. The molecule has 0 aromatic carbocycles. The summed E-state index contributed by atoms with van der Waals surface area (Å²) in [4.78, 5) is 9.68. The van der Waals surface area contributed by atoms with Crippen molar-refractivity contribution in [3.05, 3.63) is 15.6 Å². The Hall–Kier alpha value is -0.660. The third kappa shape index (κ3) is 2.36. The molecular formula is C8H10Cl2N4O2. The van der Waals surface area contributed by atoms with Crippen LogP contribution in [0.5, 0.6) is 0 Å². The number of quaternary nitrogens is 1. The first-order valence-electron chi connectivity index (χ1n) is 4.73. The van der Waals surface area contributed by atoms with Crippen molar-refractivity contribution in [3.8, 4) is 0 Å². The molecular weight excluding hydrogens is 255 g/mol. The molecule has 1 aliphatic heterocycles. The number of hydrogen-bond donors (Lipinski definition) is 1. The Morgan fingerprint density at radius 2 is 1.94 bits per heavy atom. The fourth-order valence-electron chi connectivity index (χ4n) is 1.52. The van der Waals surface area contributed by atoms with Gasteiger partial charge in [0, 0.05) is 13.1 Å². The van der Waals surface area contributed by atoms with E-state index in [-0.39, 0.29) is 16.1 Å². The normalized spacial score (nSPS) is 16.6. The molecule has 1 saturated heterocycles. The number of halogens is 2. The number of ether oxygens (including phenoxy) is 1. The van der Waals surface area contributed by atoms with Crippen molar-refractivity contribution in [1.82, 2.24) is 9.97 Å². The molecule has 2 N–H and O–H groups in total. The first-order chi connectivity index (χ1) is 7.72. The minimum atomic E-state index is 0.0390. The molecule has 8 heteroatoms. The van der Waals surface area contributed by atoms with Crippen LogP contribution in [0, 0.1) is 5.21 Å². The molecule has 88 valence electrons. The number of aromatic nitrogens is 2. The van der Waals surface area contributed by atoms with Crippen LogP contribution in [0.3, 0.4) is 0 Å². The second-order valence-corrected chi connectivity index (χ2v) is 3.93. The molecule has 0 spiro atoms. The molecule has 0 radical (unpaired) electrons. The number of nitrogens with zero attached hydrogens (tertiary/aromatic N) is 3. The highest BCUT2D eigenvalue weighted by Gasteiger charge is 2.21. The zero-order chi connectivity index (χ0) is 11.5. The summed E-state index contributed by atoms with van der Waals surface area (Å²) in [5.74, 6) is 0.475. The summed E-state index contributed by atoms with van der Waals surface area (Å²) in [7, 11) is 0. The van der Waals surface area contributed by atoms with Crippen LogP contribution in [-0.4, -0.2) is 36.3 Å². The lowest BCUT2D eigenvalue weighted by molar-refractivity contribution is -0.496. The SMILES string of the molecule is [O-][NH2+]c1c(Cl)nc(Cl)nc1N1CCOCC1. The van der Waals surface area contributed by atoms with Gasteiger partial charge in [0.2, 0.25) is 11.0 Å². The predicted octanol–water partition coefficient (Wildman–Crippen LogP) is 0.313. The predicted molar refractivity (Wildman–Crippen MR) is 60.0 cm³/mol. The molecule has 0 bridgehead atoms. The van der Waals surface area contributed by atoms with Crippen LogP contribution in [0.2, 0.25) is 10.4 Å². The first kappa shape index (κ1) is 11.8. The molecule has 6 nitrogen and oxygen atoms in total. The van der Waals surface area contributed by atoms with Crippen LogP contribution in [0.15, 0.2) is 0 Å². The summed E-state index contributed by atoms with van der Waals surface area (Å²) < 4.78 is 5.22. The summed E-state index contributed by atoms with van der Waals surface area (Å²) in [6.45, 7) is 2.50. The van der Waals surface area contributed by atoms with E-state index in [0.717, 1.165) is 0 Å². The van der Waals surface area contributed by atoms with Gasteiger partial charge in [-0.2, -0.15) is 9.97 Å². The van der Waals surface area contributed by atoms with Gasteiger partial charge in [0.05, 0.1) is 13.2 Å². The largest absolute Gasteiger partial charge is 0.630 e. The Labute approximate surface area is 102 Å². The smallest absolute Gasteiger partial charge is 0.226 e. The average molecular weight is 265 g/mol. The van der Waals surface area contributed by atoms with Crippen molar-refractivity contribution in [2.24, 2.45) is 0 Å². The van der Waals surface area contributed by atoms with Crippen molar-refractivity contribution in [3.63, 3.8) is 0 Å². The van der Waals surface area contributed by atoms with Gasteiger partial charge in [0.15, 0.2) is 11.0 Å². The van der Waals surface area contributed by atoms with Gasteiger partial charge in [0.1, 0.15) is 0 Å². The first-order valence-corrected chi connectivity index (χ1v) is 5.49. The van der Waals surface area contributed by atoms with Crippen molar-refractivity contribution in [2.75, 3.05) is 31.2 Å². The molecule has 0 atom stereocenters. The molecule has 0 saturated carbocycles. The van der Waals surface area contributed by atoms with E-state index in [1.807, 2.05) is 4.90 Å². The highest BCUT2D eigenvalue weighted by atomic mass is 35.5. The van der Waals surface area contributed by atoms with Crippen LogP contribution < -0.4 is 10.4 Å². The molecule has 0 aliphatic carbocycles. The number of anilines is 1. The summed E-state index contributed by atoms with van der Waals surface area (Å²) in [6, 6.07) is 0. The molecule has 0 amide bonds. The van der Waals surface area contributed by atoms with Crippen molar-refractivity contribution in [1.29, 1.82) is 0 Å². The van der Waals surface area contributed by atoms with Crippen LogP contribution in [0.4, 0.5) is 11.5 Å². The Morgan fingerprint density at radius 1 is 1.25 bits per heavy atom. The maximum Gasteiger partial charge on any atom is 0.226 e. The van der Waals surface area contributed by atoms with Gasteiger partial charge in [-0.05, 0) is 11.6 Å². The molecule has 16 heavy (non-hydrogen) atoms. The quantitative estimate of drug-likeness (QED) is 0.473. The molecule has 2 heterocycles. The number of nitrogens with two attached hydrogens (primary N) is 1. The lowest BCUT2D eigenvalue weighted by Crippen LogP contribution is -2.71. The zero-order valence-corrected chi connectivity index (χ0v) is 9.83. The van der Waals surface area contributed by atoms with E-state index < -0.39 is 0 Å². The Kier molecular flexibility index (Phi) is 3.78. The second-order valence-electron chi connectivity index (χ2n) is 3.24. The average Bonchev–Trinajstić information content (AvgIpc) is 2.29. The van der Waals surface area contributed by atoms with Crippen molar-refractivity contribution < 1.29 is 10.2 Å². The summed E-state index contributed by atoms with van der Waals surface area (Å²) >= 11 is 11.5. The van der Waals surface area contributed by atoms with Crippen molar-refractivity contribution >= 4 is 34.7 Å². The third-order valence-corrected chi connectivity index (χ3v) is 2.74. The van der Waals surface area contributed by atoms with Crippen molar-refractivity contribution in [2.45, 2.75) is 0 Å². The lowest BCUT2D eigenvalue weighted by Gasteiger charge is -2.28. The minimum Gasteiger partial charge on any atom is -0.630 e. The minimum absolute atomic E-state index is 0.0390. The Morgan fingerprint density at radius 3 is 2.56 bits per heavy atom. The van der Waals surface area contributed by atoms with Crippen LogP contribution in [0.25, 0.3) is 0 Å². The van der Waals surface area contributed by atoms with Crippen LogP contribution in [-0.2, 0) is 4.74 Å². The van der Waals surface area contributed by atoms with Crippen LogP contribution >= 0.6 is 23.2 Å². The standard InChI is InChI=1S/C8H10Cl2N4O2/c9-6-5(13-15)7(12-8(10)11-6)14-1-3-16-4-2-14/h1-4,13H2. The molecule has 0 unspecified atom stereocenters. The second kappa shape index (κ2) is 5.11. The monoisotopic (exact) mass is 264 g/mol. The summed E-state index contributed by atoms with van der Waals surface area (Å²) in [5, 5.41) is 11.1. The number of morpholine rings is 1. The van der Waals surface area contributed by atoms with E-state index >= 15 is 0 Å². The lowest BCUT2D eigenvalue weighted by atomic mass is 10.3. The highest BCUT2D eigenvalue weighted by molar-refractivity contribution is 6.33. The van der Waals surface area contributed by atoms with E-state index in [0.29, 0.717) is 37.6 Å². The fourth-order valence-corrected chi connectivity index (χ4v) is 1.94. The highest BCUT2D eigenvalue weighted by Crippen LogP contribution is 2.27. The zero-order valence-electron chi connectivity index (χ0n) is 8.32. The topological polar surface area (TPSA) is 77.9 Å². The van der Waals surface area contributed by atoms with Gasteiger partial charge >= 0.3 is 0 Å². The molecule has 1 aromatic heterocycles. The van der Waals surface area contributed by atoms with Gasteiger partial charge in [-0.25, -0.2) is 0 Å². The maximum atomic E-state index is 10.9. The van der Waals surface area contributed by atoms with Gasteiger partial charge < -0.3 is 20.3 Å². The fraction of sp³-hybridized carbons (Fsp3) is 0.500. The van der Waals surface area contributed by atoms with Gasteiger partial charge in [-0.3, -0.25) is 0 Å². The summed E-state index contributed by atoms with van der Waals surface area (Å²) in [6.07, 6.45) is 0. The maximum absolute atomic E-state index is 10.9.